The van der Waals surface area contributed by atoms with Crippen LogP contribution in [0.5, 0.6) is 0 Å². The van der Waals surface area contributed by atoms with Gasteiger partial charge in [0.2, 0.25) is 0 Å². The Hall–Kier alpha value is -1.05. The van der Waals surface area contributed by atoms with E-state index in [0.717, 1.165) is 28.8 Å². The van der Waals surface area contributed by atoms with Crippen LogP contribution in [-0.4, -0.2) is 25.2 Å². The molecule has 2 saturated heterocycles. The summed E-state index contributed by atoms with van der Waals surface area (Å²) in [5.74, 6) is 0. The molecule has 2 aliphatic rings. The number of hydrogen-bond donors (Lipinski definition) is 1. The fourth-order valence-corrected chi connectivity index (χ4v) is 3.90. The molecule has 3 nitrogen and oxygen atoms in total. The predicted octanol–water partition coefficient (Wildman–Crippen LogP) is 3.43. The normalized spacial score (nSPS) is 26.5. The van der Waals surface area contributed by atoms with Gasteiger partial charge in [-0.2, -0.15) is 5.26 Å². The zero-order valence-electron chi connectivity index (χ0n) is 11.6. The zero-order chi connectivity index (χ0) is 13.9. The molecule has 2 heterocycles. The van der Waals surface area contributed by atoms with Crippen LogP contribution < -0.4 is 10.2 Å². The fraction of sp³-hybridized carbons (Fsp3) is 0.562. The standard InChI is InChI=1S/C16H20BrN3/c17-13-7-6-12(11-18)16(10-13)20-9-2-1-5-15(20)14-4-3-8-19-14/h6-7,10,14-15,19H,1-5,8-9H2. The average Bonchev–Trinajstić information content (AvgIpc) is 3.01. The lowest BCUT2D eigenvalue weighted by atomic mass is 9.93. The minimum atomic E-state index is 0.535. The minimum absolute atomic E-state index is 0.535. The summed E-state index contributed by atoms with van der Waals surface area (Å²) in [7, 11) is 0. The van der Waals surface area contributed by atoms with Gasteiger partial charge >= 0.3 is 0 Å². The van der Waals surface area contributed by atoms with E-state index in [4.69, 9.17) is 0 Å². The van der Waals surface area contributed by atoms with E-state index in [2.05, 4.69) is 38.3 Å². The lowest BCUT2D eigenvalue weighted by Crippen LogP contribution is -2.50. The maximum atomic E-state index is 9.38. The Morgan fingerprint density at radius 3 is 2.90 bits per heavy atom. The van der Waals surface area contributed by atoms with Crippen LogP contribution in [0.2, 0.25) is 0 Å². The molecule has 1 aromatic rings. The third kappa shape index (κ3) is 2.70. The van der Waals surface area contributed by atoms with Crippen molar-refractivity contribution in [1.29, 1.82) is 5.26 Å². The van der Waals surface area contributed by atoms with E-state index in [1.807, 2.05) is 12.1 Å². The van der Waals surface area contributed by atoms with E-state index in [1.54, 1.807) is 0 Å². The molecule has 2 aliphatic heterocycles. The largest absolute Gasteiger partial charge is 0.366 e. The van der Waals surface area contributed by atoms with Crippen LogP contribution in [0, 0.1) is 11.3 Å². The van der Waals surface area contributed by atoms with E-state index < -0.39 is 0 Å². The summed E-state index contributed by atoms with van der Waals surface area (Å²) >= 11 is 3.54. The van der Waals surface area contributed by atoms with E-state index >= 15 is 0 Å². The van der Waals surface area contributed by atoms with Crippen LogP contribution in [0.1, 0.15) is 37.7 Å². The van der Waals surface area contributed by atoms with Crippen molar-refractivity contribution in [3.05, 3.63) is 28.2 Å². The van der Waals surface area contributed by atoms with Gasteiger partial charge in [0.25, 0.3) is 0 Å². The third-order valence-electron chi connectivity index (χ3n) is 4.50. The Labute approximate surface area is 129 Å². The summed E-state index contributed by atoms with van der Waals surface area (Å²) in [5, 5.41) is 13.0. The molecule has 2 unspecified atom stereocenters. The van der Waals surface area contributed by atoms with Crippen molar-refractivity contribution in [2.45, 2.75) is 44.2 Å². The van der Waals surface area contributed by atoms with Crippen molar-refractivity contribution in [3.63, 3.8) is 0 Å². The maximum absolute atomic E-state index is 9.38. The number of halogens is 1. The van der Waals surface area contributed by atoms with Crippen molar-refractivity contribution in [2.75, 3.05) is 18.0 Å². The highest BCUT2D eigenvalue weighted by Crippen LogP contribution is 2.33. The molecular weight excluding hydrogens is 314 g/mol. The number of hydrogen-bond acceptors (Lipinski definition) is 3. The van der Waals surface area contributed by atoms with E-state index in [9.17, 15) is 5.26 Å². The van der Waals surface area contributed by atoms with Crippen LogP contribution >= 0.6 is 15.9 Å². The minimum Gasteiger partial charge on any atom is -0.366 e. The van der Waals surface area contributed by atoms with Gasteiger partial charge in [0.15, 0.2) is 0 Å². The second kappa shape index (κ2) is 6.15. The van der Waals surface area contributed by atoms with Crippen molar-refractivity contribution in [2.24, 2.45) is 0 Å². The first kappa shape index (κ1) is 13.9. The lowest BCUT2D eigenvalue weighted by molar-refractivity contribution is 0.378. The highest BCUT2D eigenvalue weighted by Gasteiger charge is 2.32. The van der Waals surface area contributed by atoms with Crippen molar-refractivity contribution < 1.29 is 0 Å². The molecule has 2 fully saturated rings. The maximum Gasteiger partial charge on any atom is 0.101 e. The Bertz CT molecular complexity index is 517. The number of benzene rings is 1. The van der Waals surface area contributed by atoms with E-state index in [0.29, 0.717) is 12.1 Å². The lowest BCUT2D eigenvalue weighted by Gasteiger charge is -2.41. The molecule has 106 valence electrons. The van der Waals surface area contributed by atoms with Crippen molar-refractivity contribution in [1.82, 2.24) is 5.32 Å². The van der Waals surface area contributed by atoms with Crippen LogP contribution in [0.15, 0.2) is 22.7 Å². The number of rotatable bonds is 2. The van der Waals surface area contributed by atoms with Crippen LogP contribution in [0.3, 0.4) is 0 Å². The smallest absolute Gasteiger partial charge is 0.101 e. The second-order valence-electron chi connectivity index (χ2n) is 5.73. The first-order valence-electron chi connectivity index (χ1n) is 7.49. The van der Waals surface area contributed by atoms with Crippen molar-refractivity contribution in [3.8, 4) is 6.07 Å². The summed E-state index contributed by atoms with van der Waals surface area (Å²) in [4.78, 5) is 2.47. The van der Waals surface area contributed by atoms with Gasteiger partial charge < -0.3 is 10.2 Å². The first-order chi connectivity index (χ1) is 9.79. The summed E-state index contributed by atoms with van der Waals surface area (Å²) in [6, 6.07) is 9.45. The van der Waals surface area contributed by atoms with Gasteiger partial charge in [-0.25, -0.2) is 0 Å². The molecule has 0 spiro atoms. The first-order valence-corrected chi connectivity index (χ1v) is 8.28. The molecule has 0 saturated carbocycles. The second-order valence-corrected chi connectivity index (χ2v) is 6.65. The fourth-order valence-electron chi connectivity index (χ4n) is 3.55. The van der Waals surface area contributed by atoms with E-state index in [1.165, 1.54) is 32.1 Å². The molecule has 3 rings (SSSR count). The zero-order valence-corrected chi connectivity index (χ0v) is 13.2. The van der Waals surface area contributed by atoms with Gasteiger partial charge in [0.05, 0.1) is 11.3 Å². The Balaban J connectivity index is 1.93. The number of nitrogens with zero attached hydrogens (tertiary/aromatic N) is 2. The van der Waals surface area contributed by atoms with Crippen molar-refractivity contribution >= 4 is 21.6 Å². The molecule has 0 radical (unpaired) electrons. The number of nitrogens with one attached hydrogen (secondary N) is 1. The summed E-state index contributed by atoms with van der Waals surface area (Å²) < 4.78 is 1.05. The van der Waals surface area contributed by atoms with Crippen LogP contribution in [-0.2, 0) is 0 Å². The highest BCUT2D eigenvalue weighted by atomic mass is 79.9. The number of nitriles is 1. The highest BCUT2D eigenvalue weighted by molar-refractivity contribution is 9.10. The molecule has 0 aromatic heterocycles. The molecule has 2 atom stereocenters. The molecule has 0 aliphatic carbocycles. The summed E-state index contributed by atoms with van der Waals surface area (Å²) in [6.07, 6.45) is 6.29. The monoisotopic (exact) mass is 333 g/mol. The van der Waals surface area contributed by atoms with Gasteiger partial charge in [-0.1, -0.05) is 15.9 Å². The number of anilines is 1. The summed E-state index contributed by atoms with van der Waals surface area (Å²) in [6.45, 7) is 2.20. The van der Waals surface area contributed by atoms with Crippen LogP contribution in [0.4, 0.5) is 5.69 Å². The van der Waals surface area contributed by atoms with Gasteiger partial charge in [-0.15, -0.1) is 0 Å². The number of piperidine rings is 1. The third-order valence-corrected chi connectivity index (χ3v) is 5.00. The predicted molar refractivity (Wildman–Crippen MR) is 84.9 cm³/mol. The average molecular weight is 334 g/mol. The molecule has 1 aromatic carbocycles. The Morgan fingerprint density at radius 1 is 1.25 bits per heavy atom. The summed E-state index contributed by atoms with van der Waals surface area (Å²) in [5.41, 5.74) is 1.89. The topological polar surface area (TPSA) is 39.1 Å². The van der Waals surface area contributed by atoms with Gasteiger partial charge in [-0.3, -0.25) is 0 Å². The van der Waals surface area contributed by atoms with E-state index in [-0.39, 0.29) is 0 Å². The van der Waals surface area contributed by atoms with Crippen LogP contribution in [0.25, 0.3) is 0 Å². The molecule has 0 bridgehead atoms. The molecule has 4 heteroatoms. The Morgan fingerprint density at radius 2 is 2.15 bits per heavy atom. The van der Waals surface area contributed by atoms with Gasteiger partial charge in [-0.05, 0) is 56.8 Å². The SMILES string of the molecule is N#Cc1ccc(Br)cc1N1CCCCC1C1CCCN1. The Kier molecular flexibility index (Phi) is 4.28. The molecular formula is C16H20BrN3. The molecule has 20 heavy (non-hydrogen) atoms. The molecule has 0 amide bonds. The van der Waals surface area contributed by atoms with Gasteiger partial charge in [0, 0.05) is 23.1 Å². The van der Waals surface area contributed by atoms with Gasteiger partial charge in [0.1, 0.15) is 6.07 Å². The quantitative estimate of drug-likeness (QED) is 0.901. The molecule has 1 N–H and O–H groups in total.